The lowest BCUT2D eigenvalue weighted by atomic mass is 10.2. The Morgan fingerprint density at radius 1 is 1.07 bits per heavy atom. The van der Waals surface area contributed by atoms with Crippen LogP contribution in [-0.2, 0) is 10.0 Å². The molecule has 1 aliphatic rings. The molecule has 29 heavy (non-hydrogen) atoms. The summed E-state index contributed by atoms with van der Waals surface area (Å²) < 4.78 is 38.7. The number of carbonyl (C=O) groups excluding carboxylic acids is 1. The summed E-state index contributed by atoms with van der Waals surface area (Å²) in [4.78, 5) is 14.0. The lowest BCUT2D eigenvalue weighted by molar-refractivity contribution is 0.0785. The fourth-order valence-corrected chi connectivity index (χ4v) is 4.64. The molecule has 1 amide bonds. The lowest BCUT2D eigenvalue weighted by Gasteiger charge is -2.18. The van der Waals surface area contributed by atoms with E-state index < -0.39 is 10.0 Å². The molecule has 156 valence electrons. The maximum atomic E-state index is 13.0. The van der Waals surface area contributed by atoms with Crippen LogP contribution in [0.3, 0.4) is 0 Å². The van der Waals surface area contributed by atoms with Crippen LogP contribution in [0.25, 0.3) is 0 Å². The molecule has 0 saturated heterocycles. The van der Waals surface area contributed by atoms with Crippen molar-refractivity contribution < 1.29 is 22.7 Å². The van der Waals surface area contributed by atoms with Crippen molar-refractivity contribution in [2.24, 2.45) is 0 Å². The maximum Gasteiger partial charge on any atom is 0.263 e. The normalized spacial score (nSPS) is 13.7. The van der Waals surface area contributed by atoms with Gasteiger partial charge in [0.25, 0.3) is 15.9 Å². The molecule has 10 heteroatoms. The first-order valence-corrected chi connectivity index (χ1v) is 10.9. The van der Waals surface area contributed by atoms with Gasteiger partial charge in [-0.1, -0.05) is 23.2 Å². The number of rotatable bonds is 7. The number of hydrogen-bond donors (Lipinski definition) is 1. The monoisotopic (exact) mass is 458 g/mol. The second kappa shape index (κ2) is 8.30. The Kier molecular flexibility index (Phi) is 6.16. The summed E-state index contributed by atoms with van der Waals surface area (Å²) in [6, 6.07) is 7.20. The molecular formula is C19H20Cl2N2O5S. The average Bonchev–Trinajstić information content (AvgIpc) is 3.52. The van der Waals surface area contributed by atoms with Gasteiger partial charge in [-0.05, 0) is 37.1 Å². The minimum absolute atomic E-state index is 0.0123. The van der Waals surface area contributed by atoms with E-state index in [1.54, 1.807) is 11.9 Å². The van der Waals surface area contributed by atoms with E-state index in [1.165, 1.54) is 44.6 Å². The van der Waals surface area contributed by atoms with Crippen molar-refractivity contribution >= 4 is 44.8 Å². The fourth-order valence-electron chi connectivity index (χ4n) is 2.81. The summed E-state index contributed by atoms with van der Waals surface area (Å²) >= 11 is 12.2. The molecule has 0 heterocycles. The van der Waals surface area contributed by atoms with Crippen molar-refractivity contribution in [3.8, 4) is 11.5 Å². The molecular weight excluding hydrogens is 439 g/mol. The van der Waals surface area contributed by atoms with Crippen LogP contribution >= 0.6 is 23.2 Å². The molecule has 0 atom stereocenters. The second-order valence-corrected chi connectivity index (χ2v) is 9.05. The molecule has 2 aromatic carbocycles. The molecule has 1 saturated carbocycles. The number of amides is 1. The van der Waals surface area contributed by atoms with Crippen molar-refractivity contribution in [3.05, 3.63) is 45.9 Å². The van der Waals surface area contributed by atoms with E-state index in [-0.39, 0.29) is 43.9 Å². The van der Waals surface area contributed by atoms with Crippen LogP contribution in [0.15, 0.2) is 35.2 Å². The van der Waals surface area contributed by atoms with E-state index in [0.29, 0.717) is 5.75 Å². The van der Waals surface area contributed by atoms with Crippen molar-refractivity contribution in [1.29, 1.82) is 0 Å². The number of sulfonamides is 1. The van der Waals surface area contributed by atoms with Gasteiger partial charge in [0.15, 0.2) is 0 Å². The molecule has 0 radical (unpaired) electrons. The van der Waals surface area contributed by atoms with Crippen LogP contribution in [0.4, 0.5) is 5.69 Å². The molecule has 0 aliphatic heterocycles. The van der Waals surface area contributed by atoms with Gasteiger partial charge in [-0.2, -0.15) is 0 Å². The number of carbonyl (C=O) groups is 1. The Balaban J connectivity index is 1.96. The van der Waals surface area contributed by atoms with Gasteiger partial charge in [0.05, 0.1) is 30.0 Å². The Labute approximate surface area is 179 Å². The zero-order valence-electron chi connectivity index (χ0n) is 16.0. The van der Waals surface area contributed by atoms with Gasteiger partial charge in [-0.25, -0.2) is 8.42 Å². The van der Waals surface area contributed by atoms with Gasteiger partial charge in [-0.3, -0.25) is 9.52 Å². The first-order valence-electron chi connectivity index (χ1n) is 8.69. The number of halogens is 2. The molecule has 0 aromatic heterocycles. The number of ether oxygens (including phenoxy) is 2. The van der Waals surface area contributed by atoms with Crippen molar-refractivity contribution in [2.45, 2.75) is 23.8 Å². The summed E-state index contributed by atoms with van der Waals surface area (Å²) in [7, 11) is 0.394. The smallest absolute Gasteiger partial charge is 0.263 e. The van der Waals surface area contributed by atoms with E-state index in [0.717, 1.165) is 12.8 Å². The first-order chi connectivity index (χ1) is 13.7. The Morgan fingerprint density at radius 2 is 1.72 bits per heavy atom. The highest BCUT2D eigenvalue weighted by Gasteiger charge is 2.31. The van der Waals surface area contributed by atoms with Gasteiger partial charge in [0.2, 0.25) is 0 Å². The van der Waals surface area contributed by atoms with Crippen LogP contribution in [-0.4, -0.2) is 46.5 Å². The summed E-state index contributed by atoms with van der Waals surface area (Å²) in [6.45, 7) is 0. The van der Waals surface area contributed by atoms with Gasteiger partial charge in [0, 0.05) is 24.7 Å². The quantitative estimate of drug-likeness (QED) is 0.676. The molecule has 0 bridgehead atoms. The Bertz CT molecular complexity index is 1050. The van der Waals surface area contributed by atoms with Crippen molar-refractivity contribution in [1.82, 2.24) is 4.90 Å². The number of hydrogen-bond acceptors (Lipinski definition) is 5. The minimum Gasteiger partial charge on any atom is -0.495 e. The molecule has 2 aromatic rings. The topological polar surface area (TPSA) is 84.9 Å². The number of methoxy groups -OCH3 is 2. The third kappa shape index (κ3) is 4.55. The molecule has 7 nitrogen and oxygen atoms in total. The van der Waals surface area contributed by atoms with Crippen LogP contribution in [0.2, 0.25) is 10.0 Å². The summed E-state index contributed by atoms with van der Waals surface area (Å²) in [5.41, 5.74) is 0.352. The van der Waals surface area contributed by atoms with Crippen LogP contribution < -0.4 is 14.2 Å². The molecule has 0 unspecified atom stereocenters. The van der Waals surface area contributed by atoms with Gasteiger partial charge < -0.3 is 14.4 Å². The van der Waals surface area contributed by atoms with Gasteiger partial charge >= 0.3 is 0 Å². The van der Waals surface area contributed by atoms with E-state index in [1.807, 2.05) is 0 Å². The van der Waals surface area contributed by atoms with E-state index in [4.69, 9.17) is 32.7 Å². The minimum atomic E-state index is -4.13. The molecule has 1 N–H and O–H groups in total. The van der Waals surface area contributed by atoms with Crippen LogP contribution in [0, 0.1) is 0 Å². The SMILES string of the molecule is COc1cc(OC)c(NS(=O)(=O)c2cc(C(=O)N(C)C3CC3)ccc2Cl)cc1Cl. The molecule has 0 spiro atoms. The third-order valence-electron chi connectivity index (χ3n) is 4.60. The van der Waals surface area contributed by atoms with Crippen molar-refractivity contribution in [3.63, 3.8) is 0 Å². The number of nitrogens with one attached hydrogen (secondary N) is 1. The van der Waals surface area contributed by atoms with Gasteiger partial charge in [-0.15, -0.1) is 0 Å². The molecule has 3 rings (SSSR count). The zero-order chi connectivity index (χ0) is 21.3. The van der Waals surface area contributed by atoms with E-state index in [2.05, 4.69) is 4.72 Å². The summed E-state index contributed by atoms with van der Waals surface area (Å²) in [6.07, 6.45) is 1.89. The standard InChI is InChI=1S/C19H20Cl2N2O5S/c1-23(12-5-6-12)19(24)11-4-7-13(20)18(8-11)29(25,26)22-15-9-14(21)16(27-2)10-17(15)28-3/h4,7-10,12,22H,5-6H2,1-3H3. The third-order valence-corrected chi connectivity index (χ3v) is 6.74. The maximum absolute atomic E-state index is 13.0. The Morgan fingerprint density at radius 3 is 2.31 bits per heavy atom. The number of anilines is 1. The molecule has 1 fully saturated rings. The molecule has 1 aliphatic carbocycles. The fraction of sp³-hybridized carbons (Fsp3) is 0.316. The average molecular weight is 459 g/mol. The largest absolute Gasteiger partial charge is 0.495 e. The van der Waals surface area contributed by atoms with Gasteiger partial charge in [0.1, 0.15) is 16.4 Å². The highest BCUT2D eigenvalue weighted by atomic mass is 35.5. The highest BCUT2D eigenvalue weighted by Crippen LogP contribution is 2.37. The second-order valence-electron chi connectivity index (χ2n) is 6.58. The first kappa shape index (κ1) is 21.5. The van der Waals surface area contributed by atoms with Crippen LogP contribution in [0.1, 0.15) is 23.2 Å². The summed E-state index contributed by atoms with van der Waals surface area (Å²) in [5.74, 6) is 0.289. The summed E-state index contributed by atoms with van der Waals surface area (Å²) in [5, 5.41) is 0.189. The predicted molar refractivity (Wildman–Crippen MR) is 112 cm³/mol. The zero-order valence-corrected chi connectivity index (χ0v) is 18.4. The number of benzene rings is 2. The predicted octanol–water partition coefficient (Wildman–Crippen LogP) is 4.05. The number of nitrogens with zero attached hydrogens (tertiary/aromatic N) is 1. The highest BCUT2D eigenvalue weighted by molar-refractivity contribution is 7.92. The lowest BCUT2D eigenvalue weighted by Crippen LogP contribution is -2.29. The van der Waals surface area contributed by atoms with E-state index in [9.17, 15) is 13.2 Å². The van der Waals surface area contributed by atoms with E-state index >= 15 is 0 Å². The Hall–Kier alpha value is -2.16. The van der Waals surface area contributed by atoms with Crippen molar-refractivity contribution in [2.75, 3.05) is 26.0 Å². The van der Waals surface area contributed by atoms with Crippen LogP contribution in [0.5, 0.6) is 11.5 Å².